The van der Waals surface area contributed by atoms with Gasteiger partial charge in [-0.25, -0.2) is 0 Å². The van der Waals surface area contributed by atoms with Gasteiger partial charge < -0.3 is 20.3 Å². The predicted octanol–water partition coefficient (Wildman–Crippen LogP) is 2.52. The molecule has 2 rings (SSSR count). The standard InChI is InChI=1S/C18H34N4O2.HI/c1-3-24-16-10-13-22(14-11-16)18(19-2)20-12-9-17(23)21-15-7-5-4-6-8-15;/h15-16H,3-14H2,1-2H3,(H,19,20)(H,21,23);1H. The Labute approximate surface area is 169 Å². The van der Waals surface area contributed by atoms with Gasteiger partial charge in [-0.15, -0.1) is 24.0 Å². The molecule has 146 valence electrons. The number of likely N-dealkylation sites (tertiary alicyclic amines) is 1. The molecule has 6 nitrogen and oxygen atoms in total. The van der Waals surface area contributed by atoms with E-state index in [-0.39, 0.29) is 29.9 Å². The lowest BCUT2D eigenvalue weighted by atomic mass is 9.95. The molecule has 1 saturated heterocycles. The molecule has 0 aromatic heterocycles. The van der Waals surface area contributed by atoms with Gasteiger partial charge in [-0.3, -0.25) is 9.79 Å². The van der Waals surface area contributed by atoms with E-state index >= 15 is 0 Å². The molecule has 1 aliphatic heterocycles. The van der Waals surface area contributed by atoms with E-state index in [4.69, 9.17) is 4.74 Å². The number of piperidine rings is 1. The van der Waals surface area contributed by atoms with Crippen molar-refractivity contribution in [1.82, 2.24) is 15.5 Å². The number of carbonyl (C=O) groups is 1. The first-order valence-electron chi connectivity index (χ1n) is 9.59. The fourth-order valence-electron chi connectivity index (χ4n) is 3.64. The lowest BCUT2D eigenvalue weighted by Gasteiger charge is -2.34. The molecule has 1 amide bonds. The molecule has 0 radical (unpaired) electrons. The van der Waals surface area contributed by atoms with Crippen molar-refractivity contribution in [2.24, 2.45) is 4.99 Å². The molecule has 2 N–H and O–H groups in total. The van der Waals surface area contributed by atoms with Crippen LogP contribution in [0, 0.1) is 0 Å². The van der Waals surface area contributed by atoms with E-state index in [1.807, 2.05) is 6.92 Å². The van der Waals surface area contributed by atoms with E-state index in [0.717, 1.165) is 51.3 Å². The zero-order valence-corrected chi connectivity index (χ0v) is 18.1. The Bertz CT molecular complexity index is 406. The van der Waals surface area contributed by atoms with Crippen LogP contribution in [0.4, 0.5) is 0 Å². The lowest BCUT2D eigenvalue weighted by Crippen LogP contribution is -2.47. The molecule has 1 aliphatic carbocycles. The van der Waals surface area contributed by atoms with Gasteiger partial charge in [-0.1, -0.05) is 19.3 Å². The van der Waals surface area contributed by atoms with Crippen LogP contribution >= 0.6 is 24.0 Å². The number of ether oxygens (including phenoxy) is 1. The molecule has 0 bridgehead atoms. The number of aliphatic imine (C=N–C) groups is 1. The van der Waals surface area contributed by atoms with Crippen molar-refractivity contribution in [2.45, 2.75) is 70.4 Å². The highest BCUT2D eigenvalue weighted by atomic mass is 127. The van der Waals surface area contributed by atoms with Crippen LogP contribution in [-0.2, 0) is 9.53 Å². The quantitative estimate of drug-likeness (QED) is 0.359. The number of hydrogen-bond donors (Lipinski definition) is 2. The molecule has 0 aromatic carbocycles. The maximum absolute atomic E-state index is 12.1. The summed E-state index contributed by atoms with van der Waals surface area (Å²) in [6.45, 7) is 5.38. The van der Waals surface area contributed by atoms with Crippen molar-refractivity contribution in [3.05, 3.63) is 0 Å². The molecule has 0 spiro atoms. The summed E-state index contributed by atoms with van der Waals surface area (Å²) in [6, 6.07) is 0.392. The van der Waals surface area contributed by atoms with Gasteiger partial charge in [0.1, 0.15) is 0 Å². The Morgan fingerprint density at radius 1 is 1.16 bits per heavy atom. The maximum Gasteiger partial charge on any atom is 0.221 e. The number of rotatable bonds is 6. The molecule has 25 heavy (non-hydrogen) atoms. The number of nitrogens with zero attached hydrogens (tertiary/aromatic N) is 2. The van der Waals surface area contributed by atoms with Crippen LogP contribution in [0.2, 0.25) is 0 Å². The predicted molar refractivity (Wildman–Crippen MR) is 113 cm³/mol. The van der Waals surface area contributed by atoms with E-state index < -0.39 is 0 Å². The van der Waals surface area contributed by atoms with E-state index in [1.165, 1.54) is 19.3 Å². The molecule has 0 aromatic rings. The number of amides is 1. The minimum absolute atomic E-state index is 0. The smallest absolute Gasteiger partial charge is 0.221 e. The summed E-state index contributed by atoms with van der Waals surface area (Å²) in [7, 11) is 1.80. The average molecular weight is 466 g/mol. The topological polar surface area (TPSA) is 66.0 Å². The highest BCUT2D eigenvalue weighted by molar-refractivity contribution is 14.0. The second-order valence-corrected chi connectivity index (χ2v) is 6.77. The van der Waals surface area contributed by atoms with Gasteiger partial charge in [-0.2, -0.15) is 0 Å². The van der Waals surface area contributed by atoms with Crippen molar-refractivity contribution in [2.75, 3.05) is 33.3 Å². The van der Waals surface area contributed by atoms with E-state index in [9.17, 15) is 4.79 Å². The number of carbonyl (C=O) groups excluding carboxylic acids is 1. The van der Waals surface area contributed by atoms with Crippen molar-refractivity contribution < 1.29 is 9.53 Å². The van der Waals surface area contributed by atoms with Gasteiger partial charge in [0.25, 0.3) is 0 Å². The Balaban J connectivity index is 0.00000312. The van der Waals surface area contributed by atoms with Crippen LogP contribution in [0.5, 0.6) is 0 Å². The third kappa shape index (κ3) is 8.11. The Morgan fingerprint density at radius 3 is 2.44 bits per heavy atom. The summed E-state index contributed by atoms with van der Waals surface area (Å²) < 4.78 is 5.69. The minimum Gasteiger partial charge on any atom is -0.378 e. The number of guanidine groups is 1. The van der Waals surface area contributed by atoms with Gasteiger partial charge in [0, 0.05) is 45.8 Å². The lowest BCUT2D eigenvalue weighted by molar-refractivity contribution is -0.121. The van der Waals surface area contributed by atoms with Crippen LogP contribution < -0.4 is 10.6 Å². The number of hydrogen-bond acceptors (Lipinski definition) is 3. The van der Waals surface area contributed by atoms with Crippen molar-refractivity contribution >= 4 is 35.8 Å². The Hall–Kier alpha value is -0.570. The zero-order chi connectivity index (χ0) is 17.2. The highest BCUT2D eigenvalue weighted by Gasteiger charge is 2.21. The second kappa shape index (κ2) is 12.7. The van der Waals surface area contributed by atoms with Crippen LogP contribution in [-0.4, -0.2) is 62.2 Å². The third-order valence-electron chi connectivity index (χ3n) is 4.96. The third-order valence-corrected chi connectivity index (χ3v) is 4.96. The molecule has 0 atom stereocenters. The summed E-state index contributed by atoms with van der Waals surface area (Å²) in [5.41, 5.74) is 0. The molecule has 7 heteroatoms. The Morgan fingerprint density at radius 2 is 1.84 bits per heavy atom. The summed E-state index contributed by atoms with van der Waals surface area (Å²) in [5, 5.41) is 6.49. The molecule has 1 heterocycles. The van der Waals surface area contributed by atoms with Gasteiger partial charge in [-0.05, 0) is 32.6 Å². The Kier molecular flexibility index (Phi) is 11.4. The van der Waals surface area contributed by atoms with Crippen LogP contribution in [0.3, 0.4) is 0 Å². The van der Waals surface area contributed by atoms with Gasteiger partial charge in [0.05, 0.1) is 6.10 Å². The normalized spacial score (nSPS) is 20.1. The summed E-state index contributed by atoms with van der Waals surface area (Å²) in [5.74, 6) is 1.05. The molecule has 0 unspecified atom stereocenters. The summed E-state index contributed by atoms with van der Waals surface area (Å²) in [6.07, 6.45) is 9.03. The SMILES string of the molecule is CCOC1CCN(C(=NC)NCCC(=O)NC2CCCCC2)CC1.I. The van der Waals surface area contributed by atoms with Crippen LogP contribution in [0.1, 0.15) is 58.3 Å². The second-order valence-electron chi connectivity index (χ2n) is 6.77. The van der Waals surface area contributed by atoms with Gasteiger partial charge in [0.15, 0.2) is 5.96 Å². The van der Waals surface area contributed by atoms with Crippen molar-refractivity contribution in [3.63, 3.8) is 0 Å². The summed E-state index contributed by atoms with van der Waals surface area (Å²) >= 11 is 0. The zero-order valence-electron chi connectivity index (χ0n) is 15.8. The minimum atomic E-state index is 0. The largest absolute Gasteiger partial charge is 0.378 e. The number of nitrogens with one attached hydrogen (secondary N) is 2. The molecular weight excluding hydrogens is 431 g/mol. The first kappa shape index (κ1) is 22.5. The fraction of sp³-hybridized carbons (Fsp3) is 0.889. The van der Waals surface area contributed by atoms with E-state index in [1.54, 1.807) is 7.05 Å². The van der Waals surface area contributed by atoms with E-state index in [0.29, 0.717) is 25.1 Å². The highest BCUT2D eigenvalue weighted by Crippen LogP contribution is 2.17. The van der Waals surface area contributed by atoms with Gasteiger partial charge >= 0.3 is 0 Å². The average Bonchev–Trinajstić information content (AvgIpc) is 2.61. The van der Waals surface area contributed by atoms with Crippen molar-refractivity contribution in [1.29, 1.82) is 0 Å². The first-order chi connectivity index (χ1) is 11.7. The molecule has 2 aliphatic rings. The maximum atomic E-state index is 12.1. The van der Waals surface area contributed by atoms with E-state index in [2.05, 4.69) is 20.5 Å². The van der Waals surface area contributed by atoms with Crippen molar-refractivity contribution in [3.8, 4) is 0 Å². The number of halogens is 1. The molecule has 1 saturated carbocycles. The monoisotopic (exact) mass is 466 g/mol. The molecule has 2 fully saturated rings. The summed E-state index contributed by atoms with van der Waals surface area (Å²) in [4.78, 5) is 18.7. The molecular formula is C18H35IN4O2. The van der Waals surface area contributed by atoms with Crippen LogP contribution in [0.25, 0.3) is 0 Å². The van der Waals surface area contributed by atoms with Gasteiger partial charge in [0.2, 0.25) is 5.91 Å². The fourth-order valence-corrected chi connectivity index (χ4v) is 3.64. The van der Waals surface area contributed by atoms with Crippen LogP contribution in [0.15, 0.2) is 4.99 Å². The first-order valence-corrected chi connectivity index (χ1v) is 9.59.